The summed E-state index contributed by atoms with van der Waals surface area (Å²) in [5.41, 5.74) is 1.55. The van der Waals surface area contributed by atoms with Crippen LogP contribution in [0.2, 0.25) is 5.02 Å². The van der Waals surface area contributed by atoms with Gasteiger partial charge in [-0.25, -0.2) is 0 Å². The summed E-state index contributed by atoms with van der Waals surface area (Å²) in [5, 5.41) is 3.05. The normalized spacial score (nSPS) is 15.9. The van der Waals surface area contributed by atoms with E-state index in [2.05, 4.69) is 10.2 Å². The first-order valence-corrected chi connectivity index (χ1v) is 11.9. The molecule has 0 amide bonds. The van der Waals surface area contributed by atoms with Gasteiger partial charge in [0.25, 0.3) is 0 Å². The predicted octanol–water partition coefficient (Wildman–Crippen LogP) is 6.33. The minimum Gasteiger partial charge on any atom is -0.493 e. The van der Waals surface area contributed by atoms with E-state index in [9.17, 15) is 13.2 Å². The van der Waals surface area contributed by atoms with Crippen LogP contribution in [0.1, 0.15) is 34.7 Å². The Morgan fingerprint density at radius 2 is 1.69 bits per heavy atom. The molecule has 4 nitrogen and oxygen atoms in total. The second-order valence-corrected chi connectivity index (χ2v) is 8.87. The summed E-state index contributed by atoms with van der Waals surface area (Å²) in [6, 6.07) is 19.1. The fourth-order valence-corrected chi connectivity index (χ4v) is 4.60. The highest BCUT2D eigenvalue weighted by Gasteiger charge is 2.35. The molecule has 1 unspecified atom stereocenters. The zero-order valence-electron chi connectivity index (χ0n) is 19.4. The predicted molar refractivity (Wildman–Crippen MR) is 131 cm³/mol. The Balaban J connectivity index is 1.70. The molecule has 1 heterocycles. The number of benzene rings is 3. The first kappa shape index (κ1) is 25.4. The minimum atomic E-state index is -4.54. The first-order chi connectivity index (χ1) is 16.9. The van der Waals surface area contributed by atoms with E-state index in [1.165, 1.54) is 6.07 Å². The standard InChI is InChI=1S/C27H28ClF3N2O2/c1-34-25-17-21(9-11-24(25)35-18-19-6-3-2-4-7-19)26(33-14-5-12-32-13-15-33)20-8-10-23(28)22(16-20)27(29,30)31/h2-4,6-11,16-17,26,32H,5,12-15,18H2,1H3. The van der Waals surface area contributed by atoms with E-state index in [4.69, 9.17) is 21.1 Å². The molecule has 0 bridgehead atoms. The molecule has 186 valence electrons. The van der Waals surface area contributed by atoms with Crippen molar-refractivity contribution in [3.63, 3.8) is 0 Å². The maximum absolute atomic E-state index is 13.7. The van der Waals surface area contributed by atoms with Crippen molar-refractivity contribution in [2.75, 3.05) is 33.3 Å². The van der Waals surface area contributed by atoms with E-state index in [-0.39, 0.29) is 5.02 Å². The molecule has 1 aliphatic heterocycles. The van der Waals surface area contributed by atoms with Gasteiger partial charge in [-0.3, -0.25) is 4.90 Å². The number of methoxy groups -OCH3 is 1. The van der Waals surface area contributed by atoms with Gasteiger partial charge in [-0.15, -0.1) is 0 Å². The third-order valence-corrected chi connectivity index (χ3v) is 6.42. The molecule has 0 aliphatic carbocycles. The van der Waals surface area contributed by atoms with E-state index >= 15 is 0 Å². The van der Waals surface area contributed by atoms with Crippen LogP contribution in [-0.2, 0) is 12.8 Å². The van der Waals surface area contributed by atoms with Gasteiger partial charge in [0.15, 0.2) is 11.5 Å². The molecular formula is C27H28ClF3N2O2. The molecule has 0 aromatic heterocycles. The van der Waals surface area contributed by atoms with E-state index in [0.717, 1.165) is 43.2 Å². The number of nitrogens with zero attached hydrogens (tertiary/aromatic N) is 1. The van der Waals surface area contributed by atoms with Crippen molar-refractivity contribution < 1.29 is 22.6 Å². The summed E-state index contributed by atoms with van der Waals surface area (Å²) in [4.78, 5) is 2.20. The van der Waals surface area contributed by atoms with Crippen LogP contribution in [0.5, 0.6) is 11.5 Å². The van der Waals surface area contributed by atoms with Gasteiger partial charge in [0.2, 0.25) is 0 Å². The fraction of sp³-hybridized carbons (Fsp3) is 0.333. The number of ether oxygens (including phenoxy) is 2. The fourth-order valence-electron chi connectivity index (χ4n) is 4.38. The number of hydrogen-bond donors (Lipinski definition) is 1. The molecule has 8 heteroatoms. The highest BCUT2D eigenvalue weighted by Crippen LogP contribution is 2.40. The largest absolute Gasteiger partial charge is 0.493 e. The lowest BCUT2D eigenvalue weighted by atomic mass is 9.94. The Morgan fingerprint density at radius 3 is 2.43 bits per heavy atom. The Bertz CT molecular complexity index is 1120. The quantitative estimate of drug-likeness (QED) is 0.407. The number of halogens is 4. The molecule has 1 saturated heterocycles. The van der Waals surface area contributed by atoms with E-state index in [0.29, 0.717) is 30.2 Å². The van der Waals surface area contributed by atoms with Crippen molar-refractivity contribution in [2.45, 2.75) is 25.2 Å². The molecule has 1 atom stereocenters. The second-order valence-electron chi connectivity index (χ2n) is 8.46. The first-order valence-electron chi connectivity index (χ1n) is 11.5. The van der Waals surface area contributed by atoms with Crippen LogP contribution in [0.4, 0.5) is 13.2 Å². The lowest BCUT2D eigenvalue weighted by Gasteiger charge is -2.32. The van der Waals surface area contributed by atoms with Gasteiger partial charge in [0.05, 0.1) is 23.7 Å². The average Bonchev–Trinajstić information content (AvgIpc) is 3.13. The van der Waals surface area contributed by atoms with Gasteiger partial charge in [0, 0.05) is 19.6 Å². The summed E-state index contributed by atoms with van der Waals surface area (Å²) < 4.78 is 52.6. The Kier molecular flexibility index (Phi) is 8.21. The van der Waals surface area contributed by atoms with Crippen molar-refractivity contribution in [2.24, 2.45) is 0 Å². The van der Waals surface area contributed by atoms with Crippen molar-refractivity contribution >= 4 is 11.6 Å². The third kappa shape index (κ3) is 6.28. The van der Waals surface area contributed by atoms with Crippen molar-refractivity contribution in [1.82, 2.24) is 10.2 Å². The van der Waals surface area contributed by atoms with Crippen LogP contribution in [0.25, 0.3) is 0 Å². The molecular weight excluding hydrogens is 477 g/mol. The average molecular weight is 505 g/mol. The Hall–Kier alpha value is -2.74. The summed E-state index contributed by atoms with van der Waals surface area (Å²) in [6.07, 6.45) is -3.64. The molecule has 0 saturated carbocycles. The van der Waals surface area contributed by atoms with E-state index in [1.807, 2.05) is 48.5 Å². The number of hydrogen-bond acceptors (Lipinski definition) is 4. The summed E-state index contributed by atoms with van der Waals surface area (Å²) in [6.45, 7) is 3.45. The van der Waals surface area contributed by atoms with Gasteiger partial charge in [-0.2, -0.15) is 13.2 Å². The number of rotatable bonds is 7. The molecule has 4 rings (SSSR count). The van der Waals surface area contributed by atoms with E-state index in [1.54, 1.807) is 13.2 Å². The summed E-state index contributed by atoms with van der Waals surface area (Å²) in [5.74, 6) is 1.10. The summed E-state index contributed by atoms with van der Waals surface area (Å²) in [7, 11) is 1.56. The van der Waals surface area contributed by atoms with Gasteiger partial charge in [0.1, 0.15) is 6.61 Å². The molecule has 35 heavy (non-hydrogen) atoms. The Morgan fingerprint density at radius 1 is 0.943 bits per heavy atom. The highest BCUT2D eigenvalue weighted by molar-refractivity contribution is 6.31. The van der Waals surface area contributed by atoms with Crippen molar-refractivity contribution in [3.8, 4) is 11.5 Å². The van der Waals surface area contributed by atoms with Crippen LogP contribution < -0.4 is 14.8 Å². The maximum Gasteiger partial charge on any atom is 0.417 e. The molecule has 0 radical (unpaired) electrons. The molecule has 3 aromatic rings. The molecule has 3 aromatic carbocycles. The van der Waals surface area contributed by atoms with Crippen molar-refractivity contribution in [3.05, 3.63) is 94.0 Å². The minimum absolute atomic E-state index is 0.306. The molecule has 1 N–H and O–H groups in total. The molecule has 0 spiro atoms. The van der Waals surface area contributed by atoms with Crippen LogP contribution >= 0.6 is 11.6 Å². The molecule has 1 aliphatic rings. The lowest BCUT2D eigenvalue weighted by molar-refractivity contribution is -0.137. The van der Waals surface area contributed by atoms with Gasteiger partial charge in [-0.05, 0) is 53.9 Å². The number of nitrogens with one attached hydrogen (secondary N) is 1. The summed E-state index contributed by atoms with van der Waals surface area (Å²) >= 11 is 5.92. The smallest absolute Gasteiger partial charge is 0.417 e. The van der Waals surface area contributed by atoms with Gasteiger partial charge < -0.3 is 14.8 Å². The van der Waals surface area contributed by atoms with Crippen LogP contribution in [0, 0.1) is 0 Å². The Labute approximate surface area is 208 Å². The van der Waals surface area contributed by atoms with Crippen LogP contribution in [0.15, 0.2) is 66.7 Å². The van der Waals surface area contributed by atoms with Gasteiger partial charge >= 0.3 is 6.18 Å². The lowest BCUT2D eigenvalue weighted by Crippen LogP contribution is -2.33. The maximum atomic E-state index is 13.7. The van der Waals surface area contributed by atoms with Gasteiger partial charge in [-0.1, -0.05) is 54.1 Å². The van der Waals surface area contributed by atoms with Crippen LogP contribution in [0.3, 0.4) is 0 Å². The zero-order chi connectivity index (χ0) is 24.8. The van der Waals surface area contributed by atoms with E-state index < -0.39 is 17.8 Å². The zero-order valence-corrected chi connectivity index (χ0v) is 20.2. The number of alkyl halides is 3. The van der Waals surface area contributed by atoms with Crippen molar-refractivity contribution in [1.29, 1.82) is 0 Å². The topological polar surface area (TPSA) is 33.7 Å². The second kappa shape index (κ2) is 11.3. The monoisotopic (exact) mass is 504 g/mol. The highest BCUT2D eigenvalue weighted by atomic mass is 35.5. The molecule has 1 fully saturated rings. The van der Waals surface area contributed by atoms with Crippen LogP contribution in [-0.4, -0.2) is 38.2 Å². The third-order valence-electron chi connectivity index (χ3n) is 6.09. The SMILES string of the molecule is COc1cc(C(c2ccc(Cl)c(C(F)(F)F)c2)N2CCCNCC2)ccc1OCc1ccccc1.